The third-order valence-corrected chi connectivity index (χ3v) is 6.87. The van der Waals surface area contributed by atoms with E-state index in [0.29, 0.717) is 12.2 Å². The van der Waals surface area contributed by atoms with Crippen molar-refractivity contribution in [1.29, 1.82) is 0 Å². The van der Waals surface area contributed by atoms with Crippen molar-refractivity contribution < 1.29 is 18.7 Å². The number of pyridine rings is 1. The van der Waals surface area contributed by atoms with Crippen LogP contribution in [0, 0.1) is 0 Å². The summed E-state index contributed by atoms with van der Waals surface area (Å²) in [5, 5.41) is 4.64. The summed E-state index contributed by atoms with van der Waals surface area (Å²) < 4.78 is 16.8. The molecule has 6 nitrogen and oxygen atoms in total. The minimum Gasteiger partial charge on any atom is -0.469 e. The summed E-state index contributed by atoms with van der Waals surface area (Å²) in [6.07, 6.45) is 4.61. The summed E-state index contributed by atoms with van der Waals surface area (Å²) in [7, 11) is 0. The number of carbonyl (C=O) groups is 1. The molecule has 4 aromatic rings. The van der Waals surface area contributed by atoms with Crippen LogP contribution in [-0.4, -0.2) is 17.6 Å². The second-order valence-corrected chi connectivity index (χ2v) is 8.70. The van der Waals surface area contributed by atoms with Crippen LogP contribution in [0.4, 0.5) is 5.69 Å². The van der Waals surface area contributed by atoms with Crippen molar-refractivity contribution in [2.45, 2.75) is 24.7 Å². The van der Waals surface area contributed by atoms with Crippen molar-refractivity contribution in [2.75, 3.05) is 12.1 Å². The lowest BCUT2D eigenvalue weighted by molar-refractivity contribution is -0.116. The summed E-state index contributed by atoms with van der Waals surface area (Å²) in [4.78, 5) is 18.2. The molecular formula is C27H20N2O4. The Morgan fingerprint density at radius 2 is 1.91 bits per heavy atom. The monoisotopic (exact) mass is 436 g/mol. The Kier molecular flexibility index (Phi) is 3.91. The molecule has 2 aromatic heterocycles. The van der Waals surface area contributed by atoms with Gasteiger partial charge in [0.25, 0.3) is 0 Å². The van der Waals surface area contributed by atoms with Gasteiger partial charge in [-0.15, -0.1) is 0 Å². The molecule has 1 aliphatic carbocycles. The summed E-state index contributed by atoms with van der Waals surface area (Å²) in [5.41, 5.74) is 5.78. The van der Waals surface area contributed by atoms with Gasteiger partial charge in [0.2, 0.25) is 6.79 Å². The standard InChI is InChI=1S/C27H20N2O4/c30-21-12-16(22-4-2-10-31-22)11-20-27(21)25(15-5-8-23-24(13-15)33-14-32-23)26-17-3-1-9-28-18(17)6-7-19(26)29-20/h1-10,13,16,25,29H,11-12,14H2/t16-,25+/m1/s1. The number of nitrogens with one attached hydrogen (secondary N) is 1. The number of hydrogen-bond donors (Lipinski definition) is 1. The molecule has 0 unspecified atom stereocenters. The van der Waals surface area contributed by atoms with Crippen LogP contribution >= 0.6 is 0 Å². The topological polar surface area (TPSA) is 73.6 Å². The maximum Gasteiger partial charge on any atom is 0.231 e. The Morgan fingerprint density at radius 1 is 0.970 bits per heavy atom. The molecule has 3 aliphatic rings. The first-order valence-electron chi connectivity index (χ1n) is 11.1. The lowest BCUT2D eigenvalue weighted by atomic mass is 9.72. The number of hydrogen-bond acceptors (Lipinski definition) is 6. The van der Waals surface area contributed by atoms with Gasteiger partial charge in [-0.1, -0.05) is 12.1 Å². The zero-order valence-corrected chi connectivity index (χ0v) is 17.7. The fraction of sp³-hybridized carbons (Fsp3) is 0.185. The Balaban J connectivity index is 1.45. The van der Waals surface area contributed by atoms with Crippen LogP contribution in [0.15, 0.2) is 82.7 Å². The highest BCUT2D eigenvalue weighted by Gasteiger charge is 2.40. The smallest absolute Gasteiger partial charge is 0.231 e. The zero-order chi connectivity index (χ0) is 21.9. The van der Waals surface area contributed by atoms with E-state index >= 15 is 0 Å². The largest absolute Gasteiger partial charge is 0.469 e. The summed E-state index contributed by atoms with van der Waals surface area (Å²) in [6.45, 7) is 0.214. The number of carbonyl (C=O) groups excluding carboxylic acids is 1. The highest BCUT2D eigenvalue weighted by atomic mass is 16.7. The average molecular weight is 436 g/mol. The second kappa shape index (κ2) is 6.97. The maximum absolute atomic E-state index is 13.7. The second-order valence-electron chi connectivity index (χ2n) is 8.70. The predicted molar refractivity (Wildman–Crippen MR) is 122 cm³/mol. The maximum atomic E-state index is 13.7. The number of ether oxygens (including phenoxy) is 2. The number of fused-ring (bicyclic) bond motifs is 4. The molecule has 0 bridgehead atoms. The van der Waals surface area contributed by atoms with Gasteiger partial charge >= 0.3 is 0 Å². The molecule has 0 spiro atoms. The molecule has 6 heteroatoms. The van der Waals surface area contributed by atoms with Crippen LogP contribution in [0.25, 0.3) is 10.9 Å². The highest BCUT2D eigenvalue weighted by molar-refractivity contribution is 6.04. The molecule has 7 rings (SSSR count). The van der Waals surface area contributed by atoms with E-state index in [1.807, 2.05) is 42.5 Å². The first-order chi connectivity index (χ1) is 16.3. The number of Topliss-reactive ketones (excluding diaryl/α,β-unsaturated/α-hetero) is 1. The number of nitrogens with zero attached hydrogens (tertiary/aromatic N) is 1. The molecule has 2 aromatic carbocycles. The Labute approximate surface area is 189 Å². The van der Waals surface area contributed by atoms with Crippen molar-refractivity contribution in [3.05, 3.63) is 95.2 Å². The van der Waals surface area contributed by atoms with E-state index in [9.17, 15) is 4.79 Å². The van der Waals surface area contributed by atoms with Gasteiger partial charge in [0.15, 0.2) is 17.3 Å². The normalized spacial score (nSPS) is 21.0. The SMILES string of the molecule is O=C1C[C@H](c2ccco2)CC2=C1[C@@H](c1ccc3c(c1)OCO3)c1c(ccc3ncccc13)N2. The third kappa shape index (κ3) is 2.80. The van der Waals surface area contributed by atoms with Crippen LogP contribution in [0.3, 0.4) is 0 Å². The lowest BCUT2D eigenvalue weighted by Gasteiger charge is -2.36. The predicted octanol–water partition coefficient (Wildman–Crippen LogP) is 5.51. The first kappa shape index (κ1) is 18.5. The number of rotatable bonds is 2. The minimum atomic E-state index is -0.219. The van der Waals surface area contributed by atoms with E-state index in [1.54, 1.807) is 12.5 Å². The molecule has 33 heavy (non-hydrogen) atoms. The van der Waals surface area contributed by atoms with E-state index in [2.05, 4.69) is 22.4 Å². The van der Waals surface area contributed by atoms with Crippen LogP contribution < -0.4 is 14.8 Å². The van der Waals surface area contributed by atoms with Gasteiger partial charge in [0.05, 0.1) is 11.8 Å². The number of benzene rings is 2. The van der Waals surface area contributed by atoms with Crippen LogP contribution in [0.5, 0.6) is 11.5 Å². The summed E-state index contributed by atoms with van der Waals surface area (Å²) >= 11 is 0. The molecule has 0 radical (unpaired) electrons. The molecular weight excluding hydrogens is 416 g/mol. The molecule has 0 saturated carbocycles. The van der Waals surface area contributed by atoms with Crippen molar-refractivity contribution >= 4 is 22.4 Å². The van der Waals surface area contributed by atoms with Gasteiger partial charge < -0.3 is 19.2 Å². The summed E-state index contributed by atoms with van der Waals surface area (Å²) in [5.74, 6) is 2.24. The highest BCUT2D eigenvalue weighted by Crippen LogP contribution is 2.51. The van der Waals surface area contributed by atoms with Gasteiger partial charge in [-0.2, -0.15) is 0 Å². The van der Waals surface area contributed by atoms with Gasteiger partial charge in [-0.05, 0) is 60.0 Å². The molecule has 2 atom stereocenters. The van der Waals surface area contributed by atoms with E-state index in [-0.39, 0.29) is 24.4 Å². The number of furan rings is 1. The summed E-state index contributed by atoms with van der Waals surface area (Å²) in [6, 6.07) is 17.9. The average Bonchev–Trinajstić information content (AvgIpc) is 3.54. The number of anilines is 1. The Morgan fingerprint density at radius 3 is 2.82 bits per heavy atom. The van der Waals surface area contributed by atoms with Crippen molar-refractivity contribution in [3.8, 4) is 11.5 Å². The molecule has 0 amide bonds. The molecule has 0 saturated heterocycles. The van der Waals surface area contributed by atoms with Gasteiger partial charge in [-0.25, -0.2) is 0 Å². The molecule has 4 heterocycles. The van der Waals surface area contributed by atoms with E-state index < -0.39 is 0 Å². The molecule has 1 N–H and O–H groups in total. The molecule has 2 aliphatic heterocycles. The van der Waals surface area contributed by atoms with Crippen LogP contribution in [0.2, 0.25) is 0 Å². The molecule has 0 fully saturated rings. The Bertz CT molecular complexity index is 1450. The molecule has 162 valence electrons. The number of allylic oxidation sites excluding steroid dienone is 2. The number of aromatic nitrogens is 1. The first-order valence-corrected chi connectivity index (χ1v) is 11.1. The zero-order valence-electron chi connectivity index (χ0n) is 17.7. The third-order valence-electron chi connectivity index (χ3n) is 6.87. The Hall–Kier alpha value is -4.06. The lowest BCUT2D eigenvalue weighted by Crippen LogP contribution is -2.29. The van der Waals surface area contributed by atoms with Crippen molar-refractivity contribution in [3.63, 3.8) is 0 Å². The van der Waals surface area contributed by atoms with Gasteiger partial charge in [0, 0.05) is 46.8 Å². The van der Waals surface area contributed by atoms with Crippen molar-refractivity contribution in [2.24, 2.45) is 0 Å². The van der Waals surface area contributed by atoms with Gasteiger partial charge in [-0.3, -0.25) is 9.78 Å². The quantitative estimate of drug-likeness (QED) is 0.446. The number of ketones is 1. The van der Waals surface area contributed by atoms with Crippen LogP contribution in [0.1, 0.15) is 41.6 Å². The van der Waals surface area contributed by atoms with Gasteiger partial charge in [0.1, 0.15) is 5.76 Å². The fourth-order valence-electron chi connectivity index (χ4n) is 5.44. The van der Waals surface area contributed by atoms with Crippen LogP contribution in [-0.2, 0) is 4.79 Å². The van der Waals surface area contributed by atoms with E-state index in [4.69, 9.17) is 13.9 Å². The van der Waals surface area contributed by atoms with Crippen molar-refractivity contribution in [1.82, 2.24) is 4.98 Å². The van der Waals surface area contributed by atoms with E-state index in [0.717, 1.165) is 56.9 Å². The minimum absolute atomic E-state index is 0.0276. The fourth-order valence-corrected chi connectivity index (χ4v) is 5.44. The van der Waals surface area contributed by atoms with E-state index in [1.165, 1.54) is 0 Å².